The van der Waals surface area contributed by atoms with Gasteiger partial charge in [-0.1, -0.05) is 56.3 Å². The molecule has 2 heterocycles. The average Bonchev–Trinajstić information content (AvgIpc) is 3.40. The number of thiophene rings is 1. The number of hydrogen-bond acceptors (Lipinski definition) is 4. The summed E-state index contributed by atoms with van der Waals surface area (Å²) >= 11 is 1.78. The molecule has 0 spiro atoms. The summed E-state index contributed by atoms with van der Waals surface area (Å²) in [6, 6.07) is 21.4. The molecule has 1 aromatic heterocycles. The molecule has 0 bridgehead atoms. The molecule has 3 nitrogen and oxygen atoms in total. The number of nitrogens with zero attached hydrogens (tertiary/aromatic N) is 2. The fourth-order valence-corrected chi connectivity index (χ4v) is 3.49. The highest BCUT2D eigenvalue weighted by Crippen LogP contribution is 2.16. The van der Waals surface area contributed by atoms with E-state index in [0.717, 1.165) is 17.9 Å². The zero-order valence-electron chi connectivity index (χ0n) is 19.5. The maximum Gasteiger partial charge on any atom is 0.133 e. The van der Waals surface area contributed by atoms with E-state index in [-0.39, 0.29) is 5.75 Å². The van der Waals surface area contributed by atoms with Gasteiger partial charge in [0, 0.05) is 11.4 Å². The monoisotopic (exact) mass is 436 g/mol. The van der Waals surface area contributed by atoms with E-state index in [1.165, 1.54) is 30.0 Å². The second-order valence-corrected chi connectivity index (χ2v) is 9.00. The highest BCUT2D eigenvalue weighted by Gasteiger charge is 2.13. The van der Waals surface area contributed by atoms with Crippen molar-refractivity contribution in [3.05, 3.63) is 87.6 Å². The van der Waals surface area contributed by atoms with Gasteiger partial charge >= 0.3 is 0 Å². The summed E-state index contributed by atoms with van der Waals surface area (Å²) in [7, 11) is 2.18. The van der Waals surface area contributed by atoms with Crippen LogP contribution in [0.3, 0.4) is 0 Å². The Bertz CT molecular complexity index is 877. The van der Waals surface area contributed by atoms with Crippen LogP contribution in [0.5, 0.6) is 5.75 Å². The Balaban J connectivity index is 0.000000210. The van der Waals surface area contributed by atoms with Crippen LogP contribution in [-0.2, 0) is 6.42 Å². The van der Waals surface area contributed by atoms with E-state index in [2.05, 4.69) is 74.5 Å². The molecule has 1 atom stereocenters. The SMILES string of the molecule is CCc1ccccc1.C[C@H]1CCN(C)C1.Cc1ccc(C#N)c(O)c1.Cc1cccs1. The molecule has 0 saturated carbocycles. The number of phenolic OH excluding ortho intramolecular Hbond substituents is 1. The molecule has 1 fully saturated rings. The summed E-state index contributed by atoms with van der Waals surface area (Å²) in [6.45, 7) is 11.0. The third kappa shape index (κ3) is 12.0. The average molecular weight is 437 g/mol. The number of aryl methyl sites for hydroxylation is 3. The van der Waals surface area contributed by atoms with Gasteiger partial charge < -0.3 is 10.0 Å². The summed E-state index contributed by atoms with van der Waals surface area (Å²) in [6.07, 6.45) is 2.54. The lowest BCUT2D eigenvalue weighted by molar-refractivity contribution is 0.402. The number of hydrogen-bond donors (Lipinski definition) is 1. The molecule has 0 unspecified atom stereocenters. The van der Waals surface area contributed by atoms with E-state index in [4.69, 9.17) is 10.4 Å². The van der Waals surface area contributed by atoms with Gasteiger partial charge in [0.25, 0.3) is 0 Å². The Morgan fingerprint density at radius 2 is 1.81 bits per heavy atom. The molecule has 166 valence electrons. The van der Waals surface area contributed by atoms with Gasteiger partial charge in [0.15, 0.2) is 0 Å². The summed E-state index contributed by atoms with van der Waals surface area (Å²) in [4.78, 5) is 3.76. The van der Waals surface area contributed by atoms with Gasteiger partial charge in [0.1, 0.15) is 11.8 Å². The maximum atomic E-state index is 9.07. The molecule has 1 N–H and O–H groups in total. The highest BCUT2D eigenvalue weighted by atomic mass is 32.1. The Hall–Kier alpha value is -2.61. The van der Waals surface area contributed by atoms with E-state index in [1.807, 2.05) is 19.1 Å². The predicted molar refractivity (Wildman–Crippen MR) is 134 cm³/mol. The summed E-state index contributed by atoms with van der Waals surface area (Å²) < 4.78 is 0. The molecule has 4 rings (SSSR count). The topological polar surface area (TPSA) is 47.3 Å². The van der Waals surface area contributed by atoms with Crippen molar-refractivity contribution in [3.63, 3.8) is 0 Å². The van der Waals surface area contributed by atoms with Crippen molar-refractivity contribution in [2.75, 3.05) is 20.1 Å². The number of aromatic hydroxyl groups is 1. The zero-order chi connectivity index (χ0) is 23.1. The minimum atomic E-state index is 0.0579. The van der Waals surface area contributed by atoms with Crippen LogP contribution in [0.2, 0.25) is 0 Å². The zero-order valence-corrected chi connectivity index (χ0v) is 20.3. The molecule has 31 heavy (non-hydrogen) atoms. The van der Waals surface area contributed by atoms with Crippen LogP contribution in [-0.4, -0.2) is 30.1 Å². The van der Waals surface area contributed by atoms with Crippen molar-refractivity contribution in [1.29, 1.82) is 5.26 Å². The van der Waals surface area contributed by atoms with Crippen LogP contribution in [0.25, 0.3) is 0 Å². The molecule has 0 radical (unpaired) electrons. The van der Waals surface area contributed by atoms with Gasteiger partial charge in [0.2, 0.25) is 0 Å². The predicted octanol–water partition coefficient (Wildman–Crippen LogP) is 6.84. The van der Waals surface area contributed by atoms with E-state index < -0.39 is 0 Å². The van der Waals surface area contributed by atoms with Gasteiger partial charge in [0.05, 0.1) is 5.56 Å². The van der Waals surface area contributed by atoms with Crippen molar-refractivity contribution >= 4 is 11.3 Å². The third-order valence-corrected chi connectivity index (χ3v) is 5.62. The van der Waals surface area contributed by atoms with Crippen molar-refractivity contribution in [1.82, 2.24) is 4.90 Å². The molecule has 0 amide bonds. The Kier molecular flexibility index (Phi) is 13.0. The molecule has 1 aliphatic rings. The second-order valence-electron chi connectivity index (χ2n) is 7.85. The molecule has 4 heteroatoms. The molecule has 0 aliphatic carbocycles. The first kappa shape index (κ1) is 26.4. The molecule has 1 saturated heterocycles. The van der Waals surface area contributed by atoms with Gasteiger partial charge in [-0.25, -0.2) is 0 Å². The second kappa shape index (κ2) is 15.2. The molecule has 1 aliphatic heterocycles. The smallest absolute Gasteiger partial charge is 0.133 e. The van der Waals surface area contributed by atoms with Gasteiger partial charge in [-0.3, -0.25) is 0 Å². The molecule has 2 aromatic carbocycles. The maximum absolute atomic E-state index is 9.07. The standard InChI is InChI=1S/C8H7NO.C8H10.C6H13N.C5H6S/c1-6-2-3-7(5-9)8(10)4-6;1-2-8-6-4-3-5-7-8;1-6-3-4-7(2)5-6;1-5-3-2-4-6-5/h2-4,10H,1H3;3-7H,2H2,1H3;6H,3-5H2,1-2H3;2-4H,1H3/t;;6-;/m..0./s1. The first-order valence-electron chi connectivity index (χ1n) is 10.8. The lowest BCUT2D eigenvalue weighted by atomic mass is 10.1. The highest BCUT2D eigenvalue weighted by molar-refractivity contribution is 7.09. The number of benzene rings is 2. The van der Waals surface area contributed by atoms with Crippen LogP contribution in [0, 0.1) is 31.1 Å². The number of nitriles is 1. The van der Waals surface area contributed by atoms with E-state index in [0.29, 0.717) is 5.56 Å². The van der Waals surface area contributed by atoms with Crippen molar-refractivity contribution in [3.8, 4) is 11.8 Å². The first-order chi connectivity index (χ1) is 14.8. The lowest BCUT2D eigenvalue weighted by Gasteiger charge is -2.03. The number of rotatable bonds is 1. The van der Waals surface area contributed by atoms with Crippen molar-refractivity contribution in [2.45, 2.75) is 40.5 Å². The van der Waals surface area contributed by atoms with Gasteiger partial charge in [-0.2, -0.15) is 5.26 Å². The minimum absolute atomic E-state index is 0.0579. The van der Waals surface area contributed by atoms with Crippen LogP contribution < -0.4 is 0 Å². The van der Waals surface area contributed by atoms with Crippen LogP contribution >= 0.6 is 11.3 Å². The summed E-state index contributed by atoms with van der Waals surface area (Å²) in [5.74, 6) is 1.01. The number of phenols is 1. The minimum Gasteiger partial charge on any atom is -0.507 e. The van der Waals surface area contributed by atoms with Crippen LogP contribution in [0.15, 0.2) is 66.0 Å². The summed E-state index contributed by atoms with van der Waals surface area (Å²) in [5, 5.41) is 19.5. The van der Waals surface area contributed by atoms with Crippen LogP contribution in [0.1, 0.15) is 41.8 Å². The van der Waals surface area contributed by atoms with Gasteiger partial charge in [-0.05, 0) is 80.9 Å². The molecular formula is C27H36N2OS. The molecular weight excluding hydrogens is 400 g/mol. The Morgan fingerprint density at radius 1 is 1.10 bits per heavy atom. The Morgan fingerprint density at radius 3 is 2.13 bits per heavy atom. The summed E-state index contributed by atoms with van der Waals surface area (Å²) in [5.41, 5.74) is 2.69. The quantitative estimate of drug-likeness (QED) is 0.454. The van der Waals surface area contributed by atoms with Gasteiger partial charge in [-0.15, -0.1) is 11.3 Å². The van der Waals surface area contributed by atoms with Crippen LogP contribution in [0.4, 0.5) is 0 Å². The fraction of sp³-hybridized carbons (Fsp3) is 0.370. The third-order valence-electron chi connectivity index (χ3n) is 4.82. The Labute approximate surface area is 192 Å². The van der Waals surface area contributed by atoms with E-state index in [1.54, 1.807) is 29.5 Å². The molecule has 3 aromatic rings. The van der Waals surface area contributed by atoms with E-state index in [9.17, 15) is 0 Å². The van der Waals surface area contributed by atoms with E-state index >= 15 is 0 Å². The van der Waals surface area contributed by atoms with Crippen molar-refractivity contribution in [2.24, 2.45) is 5.92 Å². The first-order valence-corrected chi connectivity index (χ1v) is 11.7. The van der Waals surface area contributed by atoms with Crippen molar-refractivity contribution < 1.29 is 5.11 Å². The lowest BCUT2D eigenvalue weighted by Crippen LogP contribution is -2.12. The largest absolute Gasteiger partial charge is 0.507 e. The fourth-order valence-electron chi connectivity index (χ4n) is 2.97. The normalized spacial score (nSPS) is 14.6. The number of likely N-dealkylation sites (tertiary alicyclic amines) is 1.